The van der Waals surface area contributed by atoms with Gasteiger partial charge in [-0.3, -0.25) is 0 Å². The number of furan rings is 1. The summed E-state index contributed by atoms with van der Waals surface area (Å²) >= 11 is 0. The van der Waals surface area contributed by atoms with E-state index < -0.39 is 0 Å². The first-order valence-corrected chi connectivity index (χ1v) is 19.4. The van der Waals surface area contributed by atoms with E-state index in [1.807, 2.05) is 12.1 Å². The molecule has 0 bridgehead atoms. The van der Waals surface area contributed by atoms with Gasteiger partial charge in [0.1, 0.15) is 11.2 Å². The molecule has 0 unspecified atom stereocenters. The Kier molecular flexibility index (Phi) is 7.82. The summed E-state index contributed by atoms with van der Waals surface area (Å²) in [4.78, 5) is 2.32. The second kappa shape index (κ2) is 13.6. The molecule has 0 atom stereocenters. The molecule has 57 heavy (non-hydrogen) atoms. The highest BCUT2D eigenvalue weighted by Gasteiger charge is 2.16. The van der Waals surface area contributed by atoms with E-state index in [9.17, 15) is 0 Å². The Labute approximate surface area is 330 Å². The number of nitrogens with zero attached hydrogens (tertiary/aromatic N) is 2. The molecule has 11 aromatic rings. The molecule has 0 amide bonds. The fourth-order valence-corrected chi connectivity index (χ4v) is 8.40. The zero-order valence-corrected chi connectivity index (χ0v) is 31.1. The first kappa shape index (κ1) is 32.8. The molecule has 268 valence electrons. The number of aromatic nitrogens is 1. The molecule has 2 aromatic heterocycles. The summed E-state index contributed by atoms with van der Waals surface area (Å²) < 4.78 is 8.47. The molecule has 0 saturated heterocycles. The maximum atomic E-state index is 6.09. The molecule has 0 radical (unpaired) electrons. The normalized spacial score (nSPS) is 11.5. The predicted molar refractivity (Wildman–Crippen MR) is 239 cm³/mol. The standard InChI is InChI=1S/C54H36N2O/c1-3-11-37(12-4-1)38-19-31-46(32-20-38)56-51-17-9-7-15-47(51)49-35-41(25-33-52(49)56)39-21-27-44(28-22-39)55(43-13-5-2-6-14-43)45-29-23-40(24-30-45)42-26-34-54-50(36-42)48-16-8-10-18-53(48)57-54/h1-36H. The average Bonchev–Trinajstić information content (AvgIpc) is 3.83. The van der Waals surface area contributed by atoms with Crippen LogP contribution in [-0.4, -0.2) is 4.57 Å². The minimum atomic E-state index is 0.909. The molecule has 0 fully saturated rings. The summed E-state index contributed by atoms with van der Waals surface area (Å²) in [5, 5.41) is 4.76. The Morgan fingerprint density at radius 1 is 0.298 bits per heavy atom. The van der Waals surface area contributed by atoms with E-state index in [1.165, 1.54) is 44.1 Å². The van der Waals surface area contributed by atoms with Crippen LogP contribution in [0.2, 0.25) is 0 Å². The van der Waals surface area contributed by atoms with Gasteiger partial charge in [0.15, 0.2) is 0 Å². The molecule has 9 aromatic carbocycles. The van der Waals surface area contributed by atoms with E-state index in [0.29, 0.717) is 0 Å². The van der Waals surface area contributed by atoms with E-state index in [1.54, 1.807) is 0 Å². The lowest BCUT2D eigenvalue weighted by Crippen LogP contribution is -2.09. The molecule has 3 nitrogen and oxygen atoms in total. The van der Waals surface area contributed by atoms with E-state index in [4.69, 9.17) is 4.42 Å². The second-order valence-electron chi connectivity index (χ2n) is 14.6. The highest BCUT2D eigenvalue weighted by molar-refractivity contribution is 6.10. The van der Waals surface area contributed by atoms with Crippen LogP contribution in [0.25, 0.3) is 82.8 Å². The van der Waals surface area contributed by atoms with Gasteiger partial charge in [0.25, 0.3) is 0 Å². The van der Waals surface area contributed by atoms with Gasteiger partial charge in [0, 0.05) is 44.3 Å². The maximum absolute atomic E-state index is 6.09. The SMILES string of the molecule is c1ccc(-c2ccc(-n3c4ccccc4c4cc(-c5ccc(N(c6ccccc6)c6ccc(-c7ccc8oc9ccccc9c8c7)cc6)cc5)ccc43)cc2)cc1. The Hall–Kier alpha value is -7.62. The van der Waals surface area contributed by atoms with Crippen molar-refractivity contribution < 1.29 is 4.42 Å². The Morgan fingerprint density at radius 3 is 1.46 bits per heavy atom. The highest BCUT2D eigenvalue weighted by atomic mass is 16.3. The van der Waals surface area contributed by atoms with Crippen LogP contribution in [0.1, 0.15) is 0 Å². The lowest BCUT2D eigenvalue weighted by Gasteiger charge is -2.26. The number of benzene rings is 9. The molecule has 0 saturated carbocycles. The molecule has 11 rings (SSSR count). The number of hydrogen-bond acceptors (Lipinski definition) is 2. The summed E-state index contributed by atoms with van der Waals surface area (Å²) in [5.41, 5.74) is 15.8. The van der Waals surface area contributed by atoms with Crippen LogP contribution in [0.15, 0.2) is 223 Å². The smallest absolute Gasteiger partial charge is 0.135 e. The van der Waals surface area contributed by atoms with Crippen molar-refractivity contribution in [1.29, 1.82) is 0 Å². The third-order valence-electron chi connectivity index (χ3n) is 11.2. The van der Waals surface area contributed by atoms with Gasteiger partial charge in [-0.2, -0.15) is 0 Å². The van der Waals surface area contributed by atoms with Crippen molar-refractivity contribution in [2.24, 2.45) is 0 Å². The summed E-state index contributed by atoms with van der Waals surface area (Å²) in [6.07, 6.45) is 0. The number of hydrogen-bond donors (Lipinski definition) is 0. The van der Waals surface area contributed by atoms with Crippen LogP contribution in [0.3, 0.4) is 0 Å². The van der Waals surface area contributed by atoms with E-state index >= 15 is 0 Å². The summed E-state index contributed by atoms with van der Waals surface area (Å²) in [6.45, 7) is 0. The van der Waals surface area contributed by atoms with Gasteiger partial charge in [-0.25, -0.2) is 0 Å². The average molecular weight is 729 g/mol. The van der Waals surface area contributed by atoms with E-state index in [2.05, 4.69) is 216 Å². The van der Waals surface area contributed by atoms with Crippen molar-refractivity contribution in [3.63, 3.8) is 0 Å². The van der Waals surface area contributed by atoms with E-state index in [-0.39, 0.29) is 0 Å². The number of anilines is 3. The molecule has 0 aliphatic carbocycles. The maximum Gasteiger partial charge on any atom is 0.135 e. The van der Waals surface area contributed by atoms with Crippen molar-refractivity contribution in [1.82, 2.24) is 4.57 Å². The van der Waals surface area contributed by atoms with Crippen molar-refractivity contribution in [3.8, 4) is 39.1 Å². The molecule has 3 heteroatoms. The van der Waals surface area contributed by atoms with Gasteiger partial charge in [0.05, 0.1) is 11.0 Å². The van der Waals surface area contributed by atoms with Crippen LogP contribution >= 0.6 is 0 Å². The van der Waals surface area contributed by atoms with Crippen LogP contribution in [0, 0.1) is 0 Å². The number of rotatable bonds is 7. The van der Waals surface area contributed by atoms with Crippen molar-refractivity contribution in [2.45, 2.75) is 0 Å². The molecule has 0 N–H and O–H groups in total. The van der Waals surface area contributed by atoms with Gasteiger partial charge < -0.3 is 13.9 Å². The van der Waals surface area contributed by atoms with Crippen LogP contribution in [0.5, 0.6) is 0 Å². The largest absolute Gasteiger partial charge is 0.456 e. The fraction of sp³-hybridized carbons (Fsp3) is 0. The van der Waals surface area contributed by atoms with Gasteiger partial charge in [0.2, 0.25) is 0 Å². The topological polar surface area (TPSA) is 21.3 Å². The van der Waals surface area contributed by atoms with Crippen molar-refractivity contribution in [3.05, 3.63) is 218 Å². The van der Waals surface area contributed by atoms with E-state index in [0.717, 1.165) is 55.8 Å². The zero-order valence-electron chi connectivity index (χ0n) is 31.1. The Morgan fingerprint density at radius 2 is 0.754 bits per heavy atom. The quantitative estimate of drug-likeness (QED) is 0.163. The molecular formula is C54H36N2O. The Balaban J connectivity index is 0.927. The van der Waals surface area contributed by atoms with Crippen molar-refractivity contribution in [2.75, 3.05) is 4.90 Å². The zero-order chi connectivity index (χ0) is 37.7. The molecular weight excluding hydrogens is 693 g/mol. The lowest BCUT2D eigenvalue weighted by atomic mass is 10.0. The monoisotopic (exact) mass is 728 g/mol. The fourth-order valence-electron chi connectivity index (χ4n) is 8.40. The lowest BCUT2D eigenvalue weighted by molar-refractivity contribution is 0.669. The summed E-state index contributed by atoms with van der Waals surface area (Å²) in [6, 6.07) is 78.1. The highest BCUT2D eigenvalue weighted by Crippen LogP contribution is 2.39. The summed E-state index contributed by atoms with van der Waals surface area (Å²) in [7, 11) is 0. The first-order chi connectivity index (χ1) is 28.2. The number of para-hydroxylation sites is 3. The van der Waals surface area contributed by atoms with Crippen LogP contribution < -0.4 is 4.90 Å². The molecule has 0 spiro atoms. The minimum Gasteiger partial charge on any atom is -0.456 e. The van der Waals surface area contributed by atoms with Crippen LogP contribution in [-0.2, 0) is 0 Å². The molecule has 0 aliphatic rings. The number of fused-ring (bicyclic) bond motifs is 6. The minimum absolute atomic E-state index is 0.909. The van der Waals surface area contributed by atoms with Gasteiger partial charge in [-0.05, 0) is 118 Å². The third-order valence-corrected chi connectivity index (χ3v) is 11.2. The van der Waals surface area contributed by atoms with Crippen LogP contribution in [0.4, 0.5) is 17.1 Å². The van der Waals surface area contributed by atoms with Gasteiger partial charge in [-0.1, -0.05) is 133 Å². The van der Waals surface area contributed by atoms with Gasteiger partial charge >= 0.3 is 0 Å². The first-order valence-electron chi connectivity index (χ1n) is 19.4. The Bertz CT molecular complexity index is 3200. The predicted octanol–water partition coefficient (Wildman–Crippen LogP) is 15.2. The van der Waals surface area contributed by atoms with Gasteiger partial charge in [-0.15, -0.1) is 0 Å². The second-order valence-corrected chi connectivity index (χ2v) is 14.6. The molecule has 0 aliphatic heterocycles. The third kappa shape index (κ3) is 5.76. The van der Waals surface area contributed by atoms with Crippen molar-refractivity contribution >= 4 is 60.8 Å². The summed E-state index contributed by atoms with van der Waals surface area (Å²) in [5.74, 6) is 0. The molecule has 2 heterocycles.